The van der Waals surface area contributed by atoms with Crippen molar-refractivity contribution in [2.45, 2.75) is 44.7 Å². The molecule has 0 saturated heterocycles. The molecule has 142 valence electrons. The SMILES string of the molecule is c1ccc(-c2nc([C@H]3CCCCn4nnnc43)n(CCc3cnc[nH]3)n2)cc1. The molecule has 1 atom stereocenters. The minimum absolute atomic E-state index is 0.0456. The molecule has 0 amide bonds. The van der Waals surface area contributed by atoms with Gasteiger partial charge < -0.3 is 4.98 Å². The lowest BCUT2D eigenvalue weighted by molar-refractivity contribution is 0.526. The number of nitrogens with zero attached hydrogens (tertiary/aromatic N) is 8. The van der Waals surface area contributed by atoms with Gasteiger partial charge in [-0.05, 0) is 23.3 Å². The molecule has 3 aromatic heterocycles. The van der Waals surface area contributed by atoms with Gasteiger partial charge in [0.15, 0.2) is 11.6 Å². The summed E-state index contributed by atoms with van der Waals surface area (Å²) in [7, 11) is 0. The maximum absolute atomic E-state index is 4.94. The highest BCUT2D eigenvalue weighted by Crippen LogP contribution is 2.31. The first-order chi connectivity index (χ1) is 13.9. The van der Waals surface area contributed by atoms with Crippen LogP contribution in [0.3, 0.4) is 0 Å². The van der Waals surface area contributed by atoms with Crippen LogP contribution in [0.5, 0.6) is 0 Å². The number of aryl methyl sites for hydroxylation is 3. The van der Waals surface area contributed by atoms with Gasteiger partial charge in [-0.1, -0.05) is 36.8 Å². The maximum atomic E-state index is 4.94. The third-order valence-electron chi connectivity index (χ3n) is 5.18. The summed E-state index contributed by atoms with van der Waals surface area (Å²) < 4.78 is 3.92. The number of H-pyrrole nitrogens is 1. The van der Waals surface area contributed by atoms with Gasteiger partial charge in [0.2, 0.25) is 0 Å². The summed E-state index contributed by atoms with van der Waals surface area (Å²) in [6, 6.07) is 10.1. The maximum Gasteiger partial charge on any atom is 0.181 e. The van der Waals surface area contributed by atoms with E-state index in [1.54, 1.807) is 6.33 Å². The van der Waals surface area contributed by atoms with Gasteiger partial charge in [-0.2, -0.15) is 5.10 Å². The second kappa shape index (κ2) is 7.34. The van der Waals surface area contributed by atoms with Gasteiger partial charge in [0.1, 0.15) is 5.82 Å². The van der Waals surface area contributed by atoms with E-state index in [9.17, 15) is 0 Å². The van der Waals surface area contributed by atoms with Gasteiger partial charge in [-0.3, -0.25) is 0 Å². The Morgan fingerprint density at radius 3 is 2.89 bits per heavy atom. The van der Waals surface area contributed by atoms with E-state index >= 15 is 0 Å². The number of nitrogens with one attached hydrogen (secondary N) is 1. The zero-order valence-electron chi connectivity index (χ0n) is 15.4. The molecule has 0 radical (unpaired) electrons. The van der Waals surface area contributed by atoms with Gasteiger partial charge in [0.05, 0.1) is 12.2 Å². The highest BCUT2D eigenvalue weighted by Gasteiger charge is 2.29. The number of fused-ring (bicyclic) bond motifs is 1. The van der Waals surface area contributed by atoms with Crippen LogP contribution in [0.15, 0.2) is 42.9 Å². The number of imidazole rings is 1. The van der Waals surface area contributed by atoms with E-state index in [4.69, 9.17) is 10.1 Å². The van der Waals surface area contributed by atoms with Crippen LogP contribution in [0.4, 0.5) is 0 Å². The largest absolute Gasteiger partial charge is 0.348 e. The number of aromatic amines is 1. The Kier molecular flexibility index (Phi) is 4.40. The Labute approximate surface area is 161 Å². The number of aromatic nitrogens is 9. The van der Waals surface area contributed by atoms with Crippen molar-refractivity contribution in [1.29, 1.82) is 0 Å². The third kappa shape index (κ3) is 3.19. The molecule has 0 unspecified atom stereocenters. The van der Waals surface area contributed by atoms with Crippen molar-refractivity contribution >= 4 is 0 Å². The van der Waals surface area contributed by atoms with Crippen LogP contribution in [0.1, 0.15) is 42.5 Å². The molecule has 0 bridgehead atoms. The van der Waals surface area contributed by atoms with Crippen molar-refractivity contribution in [2.24, 2.45) is 0 Å². The summed E-state index contributed by atoms with van der Waals surface area (Å²) in [6.07, 6.45) is 7.50. The van der Waals surface area contributed by atoms with Crippen molar-refractivity contribution in [3.8, 4) is 11.4 Å². The lowest BCUT2D eigenvalue weighted by Gasteiger charge is -2.13. The lowest BCUT2D eigenvalue weighted by Crippen LogP contribution is -2.16. The van der Waals surface area contributed by atoms with Crippen LogP contribution in [0.2, 0.25) is 0 Å². The van der Waals surface area contributed by atoms with Crippen molar-refractivity contribution in [1.82, 2.24) is 44.9 Å². The van der Waals surface area contributed by atoms with Gasteiger partial charge in [-0.15, -0.1) is 5.10 Å². The second-order valence-corrected chi connectivity index (χ2v) is 7.02. The van der Waals surface area contributed by atoms with Crippen LogP contribution in [0.25, 0.3) is 11.4 Å². The molecule has 28 heavy (non-hydrogen) atoms. The molecular weight excluding hydrogens is 354 g/mol. The zero-order valence-corrected chi connectivity index (χ0v) is 15.4. The Morgan fingerprint density at radius 2 is 2.04 bits per heavy atom. The zero-order chi connectivity index (χ0) is 18.8. The molecular formula is C19H21N9. The molecule has 1 aliphatic heterocycles. The first-order valence-corrected chi connectivity index (χ1v) is 9.62. The van der Waals surface area contributed by atoms with Crippen LogP contribution in [0, 0.1) is 0 Å². The van der Waals surface area contributed by atoms with E-state index in [0.29, 0.717) is 0 Å². The van der Waals surface area contributed by atoms with Crippen molar-refractivity contribution in [3.63, 3.8) is 0 Å². The fourth-order valence-electron chi connectivity index (χ4n) is 3.74. The van der Waals surface area contributed by atoms with E-state index in [1.807, 2.05) is 45.9 Å². The minimum atomic E-state index is 0.0456. The number of rotatable bonds is 5. The average Bonchev–Trinajstić information content (AvgIpc) is 3.47. The minimum Gasteiger partial charge on any atom is -0.348 e. The van der Waals surface area contributed by atoms with Gasteiger partial charge in [0, 0.05) is 37.0 Å². The molecule has 9 nitrogen and oxygen atoms in total. The molecule has 0 fully saturated rings. The quantitative estimate of drug-likeness (QED) is 0.574. The Hall–Kier alpha value is -3.36. The summed E-state index contributed by atoms with van der Waals surface area (Å²) in [5.74, 6) is 2.59. The predicted molar refractivity (Wildman–Crippen MR) is 101 cm³/mol. The average molecular weight is 375 g/mol. The summed E-state index contributed by atoms with van der Waals surface area (Å²) in [6.45, 7) is 1.57. The van der Waals surface area contributed by atoms with Gasteiger partial charge in [-0.25, -0.2) is 19.3 Å². The molecule has 0 saturated carbocycles. The van der Waals surface area contributed by atoms with Gasteiger partial charge in [0.25, 0.3) is 0 Å². The first-order valence-electron chi connectivity index (χ1n) is 9.62. The standard InChI is InChI=1S/C19H21N9/c1-2-6-14(7-3-1)17-22-18(27(24-17)11-9-15-12-20-13-21-15)16-8-4-5-10-28-19(16)23-25-26-28/h1-3,6-7,12-13,16H,4-5,8-11H2,(H,20,21)/t16-/m1/s1. The molecule has 0 aliphatic carbocycles. The van der Waals surface area contributed by atoms with E-state index < -0.39 is 0 Å². The van der Waals surface area contributed by atoms with E-state index in [0.717, 1.165) is 67.5 Å². The predicted octanol–water partition coefficient (Wildman–Crippen LogP) is 2.21. The number of hydrogen-bond acceptors (Lipinski definition) is 6. The Balaban J connectivity index is 1.54. The molecule has 1 N–H and O–H groups in total. The van der Waals surface area contributed by atoms with Crippen molar-refractivity contribution in [2.75, 3.05) is 0 Å². The third-order valence-corrected chi connectivity index (χ3v) is 5.18. The second-order valence-electron chi connectivity index (χ2n) is 7.02. The van der Waals surface area contributed by atoms with Crippen LogP contribution in [-0.2, 0) is 19.5 Å². The smallest absolute Gasteiger partial charge is 0.181 e. The number of benzene rings is 1. The van der Waals surface area contributed by atoms with Crippen molar-refractivity contribution < 1.29 is 0 Å². The summed E-state index contributed by atoms with van der Waals surface area (Å²) >= 11 is 0. The van der Waals surface area contributed by atoms with Crippen LogP contribution < -0.4 is 0 Å². The summed E-state index contributed by atoms with van der Waals surface area (Å²) in [5, 5.41) is 17.2. The monoisotopic (exact) mass is 375 g/mol. The van der Waals surface area contributed by atoms with Crippen LogP contribution in [-0.4, -0.2) is 44.9 Å². The van der Waals surface area contributed by atoms with Crippen LogP contribution >= 0.6 is 0 Å². The lowest BCUT2D eigenvalue weighted by atomic mass is 10.0. The number of tetrazole rings is 1. The molecule has 1 aliphatic rings. The molecule has 4 aromatic rings. The highest BCUT2D eigenvalue weighted by atomic mass is 15.5. The fraction of sp³-hybridized carbons (Fsp3) is 0.368. The topological polar surface area (TPSA) is 103 Å². The Bertz CT molecular complexity index is 1030. The summed E-state index contributed by atoms with van der Waals surface area (Å²) in [4.78, 5) is 12.2. The van der Waals surface area contributed by atoms with E-state index in [2.05, 4.69) is 25.5 Å². The number of hydrogen-bond donors (Lipinski definition) is 1. The normalized spacial score (nSPS) is 16.6. The molecule has 1 aromatic carbocycles. The first kappa shape index (κ1) is 16.8. The Morgan fingerprint density at radius 1 is 1.11 bits per heavy atom. The van der Waals surface area contributed by atoms with E-state index in [-0.39, 0.29) is 5.92 Å². The molecule has 0 spiro atoms. The van der Waals surface area contributed by atoms with Gasteiger partial charge >= 0.3 is 0 Å². The molecule has 5 rings (SSSR count). The molecule has 9 heteroatoms. The van der Waals surface area contributed by atoms with E-state index in [1.165, 1.54) is 0 Å². The molecule has 4 heterocycles. The van der Waals surface area contributed by atoms with Crippen molar-refractivity contribution in [3.05, 3.63) is 60.2 Å². The highest BCUT2D eigenvalue weighted by molar-refractivity contribution is 5.54. The summed E-state index contributed by atoms with van der Waals surface area (Å²) in [5.41, 5.74) is 2.09. The fourth-order valence-corrected chi connectivity index (χ4v) is 3.74.